The van der Waals surface area contributed by atoms with E-state index >= 15 is 0 Å². The molecule has 1 aliphatic rings. The molecule has 0 fully saturated rings. The molecule has 146 valence electrons. The van der Waals surface area contributed by atoms with E-state index < -0.39 is 5.97 Å². The van der Waals surface area contributed by atoms with E-state index in [1.54, 1.807) is 37.4 Å². The molecule has 1 heterocycles. The van der Waals surface area contributed by atoms with Crippen LogP contribution in [-0.2, 0) is 11.2 Å². The number of anilines is 3. The summed E-state index contributed by atoms with van der Waals surface area (Å²) in [7, 11) is 1.56. The number of aliphatic carboxylic acids is 1. The van der Waals surface area contributed by atoms with Gasteiger partial charge in [-0.05, 0) is 53.1 Å². The summed E-state index contributed by atoms with van der Waals surface area (Å²) in [6, 6.07) is 16.1. The van der Waals surface area contributed by atoms with E-state index in [9.17, 15) is 9.59 Å². The Balaban J connectivity index is 1.73. The standard InChI is InChI=1S/C22H17ClN2O4/c1-29-20-11-14(4-6-16(20)23)13-3-5-15-18(10-13)24-17-7-2-12(9-21(26)27)8-19(17)25-22(15)28/h2-8,10-11,24H,9H2,1H3,(H,25,28)(H,26,27). The maximum Gasteiger partial charge on any atom is 0.307 e. The van der Waals surface area contributed by atoms with Crippen LogP contribution in [0.25, 0.3) is 11.1 Å². The van der Waals surface area contributed by atoms with Crippen molar-refractivity contribution >= 4 is 40.5 Å². The molecule has 3 N–H and O–H groups in total. The van der Waals surface area contributed by atoms with Crippen molar-refractivity contribution in [3.05, 3.63) is 70.7 Å². The molecule has 1 aliphatic heterocycles. The molecule has 0 saturated heterocycles. The summed E-state index contributed by atoms with van der Waals surface area (Å²) in [5.41, 5.74) is 4.78. The monoisotopic (exact) mass is 408 g/mol. The van der Waals surface area contributed by atoms with Crippen molar-refractivity contribution in [1.29, 1.82) is 0 Å². The fourth-order valence-electron chi connectivity index (χ4n) is 3.29. The predicted octanol–water partition coefficient (Wildman–Crippen LogP) is 4.95. The Hall–Kier alpha value is -3.51. The minimum absolute atomic E-state index is 0.112. The molecule has 6 nitrogen and oxygen atoms in total. The second-order valence-electron chi connectivity index (χ2n) is 6.64. The second-order valence-corrected chi connectivity index (χ2v) is 7.05. The number of fused-ring (bicyclic) bond motifs is 2. The molecule has 0 saturated carbocycles. The highest BCUT2D eigenvalue weighted by molar-refractivity contribution is 6.32. The topological polar surface area (TPSA) is 87.7 Å². The van der Waals surface area contributed by atoms with Gasteiger partial charge in [-0.2, -0.15) is 0 Å². The lowest BCUT2D eigenvalue weighted by atomic mass is 10.0. The number of carbonyl (C=O) groups excluding carboxylic acids is 1. The number of carboxylic acid groups (broad SMARTS) is 1. The molecular weight excluding hydrogens is 392 g/mol. The largest absolute Gasteiger partial charge is 0.495 e. The second kappa shape index (κ2) is 7.48. The number of hydrogen-bond acceptors (Lipinski definition) is 4. The SMILES string of the molecule is COc1cc(-c2ccc3c(c2)Nc2ccc(CC(=O)O)cc2NC3=O)ccc1Cl. The number of halogens is 1. The first-order chi connectivity index (χ1) is 13.9. The third-order valence-electron chi connectivity index (χ3n) is 4.71. The highest BCUT2D eigenvalue weighted by Crippen LogP contribution is 2.36. The molecule has 0 spiro atoms. The van der Waals surface area contributed by atoms with E-state index in [1.165, 1.54) is 0 Å². The maximum atomic E-state index is 12.7. The molecule has 1 amide bonds. The summed E-state index contributed by atoms with van der Waals surface area (Å²) in [4.78, 5) is 23.7. The molecule has 3 aromatic rings. The number of methoxy groups -OCH3 is 1. The van der Waals surface area contributed by atoms with Crippen molar-refractivity contribution < 1.29 is 19.4 Å². The fraction of sp³-hybridized carbons (Fsp3) is 0.0909. The lowest BCUT2D eigenvalue weighted by Crippen LogP contribution is -2.11. The molecule has 7 heteroatoms. The molecule has 29 heavy (non-hydrogen) atoms. The summed E-state index contributed by atoms with van der Waals surface area (Å²) in [6.07, 6.45) is -0.112. The van der Waals surface area contributed by atoms with Crippen LogP contribution in [0.3, 0.4) is 0 Å². The Morgan fingerprint density at radius 1 is 0.966 bits per heavy atom. The van der Waals surface area contributed by atoms with Crippen molar-refractivity contribution in [2.45, 2.75) is 6.42 Å². The Labute approximate surface area is 172 Å². The van der Waals surface area contributed by atoms with Gasteiger partial charge in [-0.3, -0.25) is 9.59 Å². The van der Waals surface area contributed by atoms with Crippen LogP contribution in [0.15, 0.2) is 54.6 Å². The van der Waals surface area contributed by atoms with Crippen LogP contribution in [0.5, 0.6) is 5.75 Å². The van der Waals surface area contributed by atoms with Crippen molar-refractivity contribution in [2.75, 3.05) is 17.7 Å². The van der Waals surface area contributed by atoms with E-state index in [-0.39, 0.29) is 12.3 Å². The van der Waals surface area contributed by atoms with Crippen LogP contribution in [0.1, 0.15) is 15.9 Å². The van der Waals surface area contributed by atoms with Crippen molar-refractivity contribution in [3.63, 3.8) is 0 Å². The first-order valence-corrected chi connectivity index (χ1v) is 9.23. The van der Waals surface area contributed by atoms with Gasteiger partial charge in [0.15, 0.2) is 0 Å². The molecule has 0 aliphatic carbocycles. The van der Waals surface area contributed by atoms with Gasteiger partial charge in [-0.1, -0.05) is 29.8 Å². The third-order valence-corrected chi connectivity index (χ3v) is 5.02. The summed E-state index contributed by atoms with van der Waals surface area (Å²) >= 11 is 6.11. The number of carbonyl (C=O) groups is 2. The van der Waals surface area contributed by atoms with Gasteiger partial charge < -0.3 is 20.5 Å². The molecule has 4 rings (SSSR count). The number of ether oxygens (including phenoxy) is 1. The zero-order valence-electron chi connectivity index (χ0n) is 15.5. The minimum Gasteiger partial charge on any atom is -0.495 e. The number of benzene rings is 3. The normalized spacial score (nSPS) is 12.1. The smallest absolute Gasteiger partial charge is 0.307 e. The zero-order chi connectivity index (χ0) is 20.5. The van der Waals surface area contributed by atoms with Crippen molar-refractivity contribution in [1.82, 2.24) is 0 Å². The Bertz CT molecular complexity index is 1140. The molecule has 0 radical (unpaired) electrons. The third kappa shape index (κ3) is 3.75. The first kappa shape index (κ1) is 18.8. The van der Waals surface area contributed by atoms with Gasteiger partial charge in [0.1, 0.15) is 5.75 Å². The van der Waals surface area contributed by atoms with Gasteiger partial charge in [0, 0.05) is 0 Å². The van der Waals surface area contributed by atoms with E-state index in [1.807, 2.05) is 24.3 Å². The quantitative estimate of drug-likeness (QED) is 0.568. The highest BCUT2D eigenvalue weighted by Gasteiger charge is 2.20. The van der Waals surface area contributed by atoms with Crippen molar-refractivity contribution in [2.24, 2.45) is 0 Å². The minimum atomic E-state index is -0.927. The summed E-state index contributed by atoms with van der Waals surface area (Å²) in [5.74, 6) is -0.621. The lowest BCUT2D eigenvalue weighted by Gasteiger charge is -2.12. The van der Waals surface area contributed by atoms with E-state index in [0.717, 1.165) is 11.1 Å². The average Bonchev–Trinajstić information content (AvgIpc) is 2.83. The van der Waals surface area contributed by atoms with Crippen LogP contribution in [0.2, 0.25) is 5.02 Å². The number of nitrogens with one attached hydrogen (secondary N) is 2. The molecule has 0 unspecified atom stereocenters. The Kier molecular flexibility index (Phi) is 4.86. The van der Waals surface area contributed by atoms with Crippen molar-refractivity contribution in [3.8, 4) is 16.9 Å². The lowest BCUT2D eigenvalue weighted by molar-refractivity contribution is -0.136. The summed E-state index contributed by atoms with van der Waals surface area (Å²) in [5, 5.41) is 15.6. The molecule has 3 aromatic carbocycles. The van der Waals surface area contributed by atoms with Gasteiger partial charge in [0.05, 0.1) is 41.2 Å². The average molecular weight is 409 g/mol. The summed E-state index contributed by atoms with van der Waals surface area (Å²) in [6.45, 7) is 0. The maximum absolute atomic E-state index is 12.7. The van der Waals surface area contributed by atoms with E-state index in [0.29, 0.717) is 39.0 Å². The Morgan fingerprint density at radius 3 is 2.48 bits per heavy atom. The number of hydrogen-bond donors (Lipinski definition) is 3. The molecule has 0 atom stereocenters. The van der Waals surface area contributed by atoms with E-state index in [2.05, 4.69) is 10.6 Å². The van der Waals surface area contributed by atoms with Gasteiger partial charge in [0.25, 0.3) is 5.91 Å². The van der Waals surface area contributed by atoms with Gasteiger partial charge >= 0.3 is 5.97 Å². The number of carboxylic acids is 1. The summed E-state index contributed by atoms with van der Waals surface area (Å²) < 4.78 is 5.29. The van der Waals surface area contributed by atoms with Gasteiger partial charge in [-0.25, -0.2) is 0 Å². The fourth-order valence-corrected chi connectivity index (χ4v) is 3.48. The van der Waals surface area contributed by atoms with Gasteiger partial charge in [0.2, 0.25) is 0 Å². The zero-order valence-corrected chi connectivity index (χ0v) is 16.2. The molecular formula is C22H17ClN2O4. The van der Waals surface area contributed by atoms with Crippen LogP contribution >= 0.6 is 11.6 Å². The molecule has 0 bridgehead atoms. The highest BCUT2D eigenvalue weighted by atomic mass is 35.5. The van der Waals surface area contributed by atoms with Crippen LogP contribution in [0, 0.1) is 0 Å². The van der Waals surface area contributed by atoms with Crippen LogP contribution < -0.4 is 15.4 Å². The number of rotatable bonds is 4. The van der Waals surface area contributed by atoms with Gasteiger partial charge in [-0.15, -0.1) is 0 Å². The molecule has 0 aromatic heterocycles. The van der Waals surface area contributed by atoms with Crippen LogP contribution in [0.4, 0.5) is 17.1 Å². The number of amides is 1. The predicted molar refractivity (Wildman–Crippen MR) is 112 cm³/mol. The Morgan fingerprint density at radius 2 is 1.72 bits per heavy atom. The van der Waals surface area contributed by atoms with Crippen LogP contribution in [-0.4, -0.2) is 24.1 Å². The first-order valence-electron chi connectivity index (χ1n) is 8.85. The van der Waals surface area contributed by atoms with E-state index in [4.69, 9.17) is 21.4 Å².